The number of rotatable bonds is 7. The summed E-state index contributed by atoms with van der Waals surface area (Å²) in [6.45, 7) is 0.782. The molecule has 3 aromatic carbocycles. The average Bonchev–Trinajstić information content (AvgIpc) is 3.67. The van der Waals surface area contributed by atoms with Crippen molar-refractivity contribution in [3.8, 4) is 5.75 Å². The second-order valence-corrected chi connectivity index (χ2v) is 11.0. The molecule has 3 aliphatic rings. The van der Waals surface area contributed by atoms with Gasteiger partial charge in [0.05, 0.1) is 6.61 Å². The van der Waals surface area contributed by atoms with Crippen molar-refractivity contribution in [1.29, 1.82) is 0 Å². The number of benzene rings is 3. The normalized spacial score (nSPS) is 24.8. The summed E-state index contributed by atoms with van der Waals surface area (Å²) >= 11 is 6.18. The molecule has 184 valence electrons. The number of aliphatic carboxylic acids is 1. The Hall–Kier alpha value is -3.24. The van der Waals surface area contributed by atoms with E-state index in [1.807, 2.05) is 18.2 Å². The summed E-state index contributed by atoms with van der Waals surface area (Å²) in [4.78, 5) is 12.6. The highest BCUT2D eigenvalue weighted by Gasteiger charge is 2.51. The fourth-order valence-electron chi connectivity index (χ4n) is 5.99. The van der Waals surface area contributed by atoms with E-state index in [0.717, 1.165) is 36.4 Å². The minimum absolute atomic E-state index is 0.222. The van der Waals surface area contributed by atoms with Crippen LogP contribution in [0, 0.1) is 5.92 Å². The van der Waals surface area contributed by atoms with Gasteiger partial charge in [-0.2, -0.15) is 0 Å². The zero-order chi connectivity index (χ0) is 24.8. The van der Waals surface area contributed by atoms with Gasteiger partial charge in [0, 0.05) is 16.1 Å². The standard InChI is InChI=1S/C31H30ClNO3/c32-24-7-4-8-25(19-24)33-31(29(34)35)15-13-30(14-16-31)27-10-2-1-5-23(27)18-28(30)22-6-3-9-26(17-22)36-20-21-11-12-21/h1-10,17-19,21,33H,11-16,20H2,(H,34,35). The first-order valence-corrected chi connectivity index (χ1v) is 13.2. The number of carboxylic acid groups (broad SMARTS) is 1. The summed E-state index contributed by atoms with van der Waals surface area (Å²) in [6, 6.07) is 24.3. The molecular weight excluding hydrogens is 470 g/mol. The molecule has 4 nitrogen and oxygen atoms in total. The van der Waals surface area contributed by atoms with E-state index in [-0.39, 0.29) is 5.41 Å². The van der Waals surface area contributed by atoms with Crippen LogP contribution in [0.3, 0.4) is 0 Å². The molecule has 36 heavy (non-hydrogen) atoms. The van der Waals surface area contributed by atoms with E-state index in [2.05, 4.69) is 53.9 Å². The Bertz CT molecular complexity index is 1330. The van der Waals surface area contributed by atoms with Crippen LogP contribution in [0.5, 0.6) is 5.75 Å². The zero-order valence-electron chi connectivity index (χ0n) is 20.2. The first kappa shape index (κ1) is 23.2. The van der Waals surface area contributed by atoms with Gasteiger partial charge < -0.3 is 15.2 Å². The summed E-state index contributed by atoms with van der Waals surface area (Å²) in [5.74, 6) is 0.791. The maximum atomic E-state index is 12.6. The molecule has 0 aliphatic heterocycles. The van der Waals surface area contributed by atoms with Gasteiger partial charge in [-0.05, 0) is 103 Å². The van der Waals surface area contributed by atoms with Crippen LogP contribution >= 0.6 is 11.6 Å². The van der Waals surface area contributed by atoms with Crippen molar-refractivity contribution >= 4 is 34.9 Å². The van der Waals surface area contributed by atoms with Crippen LogP contribution in [0.2, 0.25) is 5.02 Å². The Morgan fingerprint density at radius 2 is 1.75 bits per heavy atom. The van der Waals surface area contributed by atoms with Crippen molar-refractivity contribution in [3.05, 3.63) is 94.5 Å². The third kappa shape index (κ3) is 4.18. The molecule has 3 aromatic rings. The van der Waals surface area contributed by atoms with E-state index < -0.39 is 11.5 Å². The number of halogens is 1. The van der Waals surface area contributed by atoms with E-state index >= 15 is 0 Å². The van der Waals surface area contributed by atoms with Crippen molar-refractivity contribution in [3.63, 3.8) is 0 Å². The number of nitrogens with one attached hydrogen (secondary N) is 1. The van der Waals surface area contributed by atoms with Crippen molar-refractivity contribution in [2.45, 2.75) is 49.5 Å². The molecule has 2 N–H and O–H groups in total. The first-order valence-electron chi connectivity index (χ1n) is 12.8. The second-order valence-electron chi connectivity index (χ2n) is 10.5. The molecule has 0 saturated heterocycles. The minimum atomic E-state index is -1.03. The van der Waals surface area contributed by atoms with E-state index in [1.54, 1.807) is 12.1 Å². The first-order chi connectivity index (χ1) is 17.5. The lowest BCUT2D eigenvalue weighted by atomic mass is 9.61. The Labute approximate surface area is 217 Å². The maximum absolute atomic E-state index is 12.6. The average molecular weight is 500 g/mol. The van der Waals surface area contributed by atoms with Gasteiger partial charge in [-0.1, -0.05) is 54.1 Å². The quantitative estimate of drug-likeness (QED) is 0.355. The van der Waals surface area contributed by atoms with E-state index in [9.17, 15) is 9.90 Å². The number of carbonyl (C=O) groups is 1. The SMILES string of the molecule is O=C(O)C1(Nc2cccc(Cl)c2)CCC2(CC1)C(c1cccc(OCC3CC3)c1)=Cc1ccccc12. The Balaban J connectivity index is 1.32. The van der Waals surface area contributed by atoms with Gasteiger partial charge in [0.1, 0.15) is 11.3 Å². The highest BCUT2D eigenvalue weighted by atomic mass is 35.5. The molecule has 0 radical (unpaired) electrons. The number of allylic oxidation sites excluding steroid dienone is 1. The number of anilines is 1. The van der Waals surface area contributed by atoms with E-state index in [4.69, 9.17) is 16.3 Å². The van der Waals surface area contributed by atoms with Gasteiger partial charge in [0.2, 0.25) is 0 Å². The maximum Gasteiger partial charge on any atom is 0.329 e. The predicted octanol–water partition coefficient (Wildman–Crippen LogP) is 7.43. The third-order valence-electron chi connectivity index (χ3n) is 8.19. The lowest BCUT2D eigenvalue weighted by molar-refractivity contribution is -0.143. The van der Waals surface area contributed by atoms with Gasteiger partial charge >= 0.3 is 5.97 Å². The molecule has 2 fully saturated rings. The lowest BCUT2D eigenvalue weighted by Crippen LogP contribution is -2.52. The van der Waals surface area contributed by atoms with Gasteiger partial charge in [-0.3, -0.25) is 0 Å². The van der Waals surface area contributed by atoms with Gasteiger partial charge in [0.25, 0.3) is 0 Å². The molecule has 0 aromatic heterocycles. The van der Waals surface area contributed by atoms with Gasteiger partial charge in [0.15, 0.2) is 0 Å². The lowest BCUT2D eigenvalue weighted by Gasteiger charge is -2.45. The Morgan fingerprint density at radius 1 is 0.972 bits per heavy atom. The Morgan fingerprint density at radius 3 is 2.50 bits per heavy atom. The summed E-state index contributed by atoms with van der Waals surface area (Å²) in [7, 11) is 0. The molecule has 1 spiro atoms. The Kier molecular flexibility index (Phi) is 5.80. The second kappa shape index (κ2) is 9.01. The molecule has 0 amide bonds. The van der Waals surface area contributed by atoms with Crippen LogP contribution in [0.25, 0.3) is 11.6 Å². The topological polar surface area (TPSA) is 58.6 Å². The van der Waals surface area contributed by atoms with Crippen LogP contribution in [-0.4, -0.2) is 23.2 Å². The molecule has 3 aliphatic carbocycles. The zero-order valence-corrected chi connectivity index (χ0v) is 20.9. The van der Waals surface area contributed by atoms with E-state index in [1.165, 1.54) is 29.5 Å². The third-order valence-corrected chi connectivity index (χ3v) is 8.43. The van der Waals surface area contributed by atoms with Gasteiger partial charge in [-0.25, -0.2) is 4.79 Å². The van der Waals surface area contributed by atoms with Crippen molar-refractivity contribution in [2.75, 3.05) is 11.9 Å². The van der Waals surface area contributed by atoms with Crippen LogP contribution in [0.1, 0.15) is 55.2 Å². The molecular formula is C31H30ClNO3. The minimum Gasteiger partial charge on any atom is -0.493 e. The monoisotopic (exact) mass is 499 g/mol. The molecule has 5 heteroatoms. The summed E-state index contributed by atoms with van der Waals surface area (Å²) in [5.41, 5.74) is 4.43. The number of ether oxygens (including phenoxy) is 1. The highest BCUT2D eigenvalue weighted by molar-refractivity contribution is 6.30. The molecule has 0 bridgehead atoms. The fraction of sp³-hybridized carbons (Fsp3) is 0.323. The molecule has 0 unspecified atom stereocenters. The van der Waals surface area contributed by atoms with Crippen LogP contribution in [0.4, 0.5) is 5.69 Å². The van der Waals surface area contributed by atoms with Crippen LogP contribution in [-0.2, 0) is 10.2 Å². The van der Waals surface area contributed by atoms with Crippen molar-refractivity contribution < 1.29 is 14.6 Å². The molecule has 2 saturated carbocycles. The summed E-state index contributed by atoms with van der Waals surface area (Å²) < 4.78 is 6.10. The predicted molar refractivity (Wildman–Crippen MR) is 145 cm³/mol. The number of hydrogen-bond acceptors (Lipinski definition) is 3. The van der Waals surface area contributed by atoms with E-state index in [0.29, 0.717) is 23.8 Å². The molecule has 0 heterocycles. The fourth-order valence-corrected chi connectivity index (χ4v) is 6.18. The van der Waals surface area contributed by atoms with Crippen LogP contribution in [0.15, 0.2) is 72.8 Å². The number of fused-ring (bicyclic) bond motifs is 2. The van der Waals surface area contributed by atoms with Gasteiger partial charge in [-0.15, -0.1) is 0 Å². The summed E-state index contributed by atoms with van der Waals surface area (Å²) in [6.07, 6.45) is 7.33. The smallest absolute Gasteiger partial charge is 0.329 e. The summed E-state index contributed by atoms with van der Waals surface area (Å²) in [5, 5.41) is 14.3. The number of hydrogen-bond donors (Lipinski definition) is 2. The van der Waals surface area contributed by atoms with Crippen molar-refractivity contribution in [1.82, 2.24) is 0 Å². The highest BCUT2D eigenvalue weighted by Crippen LogP contribution is 2.56. The number of carboxylic acids is 1. The van der Waals surface area contributed by atoms with Crippen LogP contribution < -0.4 is 10.1 Å². The largest absolute Gasteiger partial charge is 0.493 e. The molecule has 0 atom stereocenters. The molecule has 6 rings (SSSR count). The van der Waals surface area contributed by atoms with Crippen molar-refractivity contribution in [2.24, 2.45) is 5.92 Å².